The van der Waals surface area contributed by atoms with Gasteiger partial charge in [0.15, 0.2) is 24.7 Å². The van der Waals surface area contributed by atoms with Crippen molar-refractivity contribution >= 4 is 11.9 Å². The molecule has 0 spiro atoms. The highest BCUT2D eigenvalue weighted by molar-refractivity contribution is 5.80. The molecule has 0 saturated heterocycles. The second kappa shape index (κ2) is 8.93. The molecule has 27 heavy (non-hydrogen) atoms. The zero-order valence-corrected chi connectivity index (χ0v) is 15.0. The summed E-state index contributed by atoms with van der Waals surface area (Å²) in [5.74, 6) is 0.915. The Morgan fingerprint density at radius 2 is 1.74 bits per heavy atom. The summed E-state index contributed by atoms with van der Waals surface area (Å²) in [6, 6.07) is 12.9. The molecule has 0 atom stereocenters. The molecule has 3 rings (SSSR count). The summed E-state index contributed by atoms with van der Waals surface area (Å²) in [4.78, 5) is 23.5. The summed E-state index contributed by atoms with van der Waals surface area (Å²) in [5.41, 5.74) is 2.04. The van der Waals surface area contributed by atoms with Gasteiger partial charge in [0.05, 0.1) is 0 Å². The molecule has 1 aliphatic heterocycles. The Kier molecular flexibility index (Phi) is 6.14. The molecular weight excluding hydrogens is 350 g/mol. The average molecular weight is 371 g/mol. The first-order chi connectivity index (χ1) is 13.1. The van der Waals surface area contributed by atoms with Crippen LogP contribution in [0.1, 0.15) is 18.1 Å². The Morgan fingerprint density at radius 3 is 2.52 bits per heavy atom. The Balaban J connectivity index is 1.35. The first kappa shape index (κ1) is 18.6. The maximum Gasteiger partial charge on any atom is 0.344 e. The van der Waals surface area contributed by atoms with Crippen LogP contribution in [0.4, 0.5) is 0 Å². The molecule has 7 nitrogen and oxygen atoms in total. The summed E-state index contributed by atoms with van der Waals surface area (Å²) in [7, 11) is 0. The average Bonchev–Trinajstić information content (AvgIpc) is 3.17. The predicted octanol–water partition coefficient (Wildman–Crippen LogP) is 2.22. The molecule has 0 unspecified atom stereocenters. The van der Waals surface area contributed by atoms with E-state index >= 15 is 0 Å². The number of hydrogen-bond acceptors (Lipinski definition) is 6. The van der Waals surface area contributed by atoms with E-state index in [1.807, 2.05) is 18.2 Å². The minimum absolute atomic E-state index is 0.200. The monoisotopic (exact) mass is 371 g/mol. The summed E-state index contributed by atoms with van der Waals surface area (Å²) in [5, 5.41) is 2.68. The fourth-order valence-corrected chi connectivity index (χ4v) is 2.45. The number of rotatable bonds is 8. The molecule has 0 saturated carbocycles. The van der Waals surface area contributed by atoms with Crippen molar-refractivity contribution < 1.29 is 28.5 Å². The standard InChI is InChI=1S/C20H21NO6/c1-2-14-3-6-16(7-4-14)24-12-20(23)25-11-19(22)21-10-15-5-8-17-18(9-15)27-13-26-17/h3-9H,2,10-13H2,1H3,(H,21,22). The first-order valence-electron chi connectivity index (χ1n) is 8.66. The normalized spacial score (nSPS) is 11.7. The van der Waals surface area contributed by atoms with Crippen molar-refractivity contribution in [2.45, 2.75) is 19.9 Å². The summed E-state index contributed by atoms with van der Waals surface area (Å²) in [6.45, 7) is 1.95. The third-order valence-electron chi connectivity index (χ3n) is 3.98. The molecule has 0 aliphatic carbocycles. The highest BCUT2D eigenvalue weighted by Gasteiger charge is 2.14. The molecule has 2 aromatic carbocycles. The van der Waals surface area contributed by atoms with Gasteiger partial charge in [0.25, 0.3) is 5.91 Å². The lowest BCUT2D eigenvalue weighted by Crippen LogP contribution is -2.29. The summed E-state index contributed by atoms with van der Waals surface area (Å²) >= 11 is 0. The van der Waals surface area contributed by atoms with E-state index in [4.69, 9.17) is 18.9 Å². The van der Waals surface area contributed by atoms with Crippen molar-refractivity contribution in [2.24, 2.45) is 0 Å². The van der Waals surface area contributed by atoms with E-state index in [2.05, 4.69) is 12.2 Å². The molecule has 0 radical (unpaired) electrons. The highest BCUT2D eigenvalue weighted by atomic mass is 16.7. The van der Waals surface area contributed by atoms with Gasteiger partial charge in [-0.2, -0.15) is 0 Å². The minimum atomic E-state index is -0.604. The van der Waals surface area contributed by atoms with Crippen LogP contribution < -0.4 is 19.5 Å². The van der Waals surface area contributed by atoms with Crippen molar-refractivity contribution in [1.29, 1.82) is 0 Å². The number of benzene rings is 2. The van der Waals surface area contributed by atoms with Gasteiger partial charge in [-0.3, -0.25) is 4.79 Å². The topological polar surface area (TPSA) is 83.1 Å². The second-order valence-electron chi connectivity index (χ2n) is 5.91. The van der Waals surface area contributed by atoms with E-state index in [9.17, 15) is 9.59 Å². The third-order valence-corrected chi connectivity index (χ3v) is 3.98. The van der Waals surface area contributed by atoms with E-state index in [0.717, 1.165) is 12.0 Å². The molecule has 1 amide bonds. The molecular formula is C20H21NO6. The van der Waals surface area contributed by atoms with Crippen LogP contribution in [0.3, 0.4) is 0 Å². The van der Waals surface area contributed by atoms with E-state index in [-0.39, 0.29) is 20.0 Å². The number of aryl methyl sites for hydroxylation is 1. The third kappa shape index (κ3) is 5.37. The van der Waals surface area contributed by atoms with Gasteiger partial charge in [-0.25, -0.2) is 4.79 Å². The van der Waals surface area contributed by atoms with Gasteiger partial charge in [-0.1, -0.05) is 25.1 Å². The Morgan fingerprint density at radius 1 is 1.00 bits per heavy atom. The maximum absolute atomic E-state index is 11.8. The molecule has 0 fully saturated rings. The van der Waals surface area contributed by atoms with Crippen LogP contribution in [0.5, 0.6) is 17.2 Å². The number of amides is 1. The number of carbonyl (C=O) groups excluding carboxylic acids is 2. The fraction of sp³-hybridized carbons (Fsp3) is 0.300. The van der Waals surface area contributed by atoms with Crippen molar-refractivity contribution in [1.82, 2.24) is 5.32 Å². The van der Waals surface area contributed by atoms with Crippen LogP contribution >= 0.6 is 0 Å². The van der Waals surface area contributed by atoms with Gasteiger partial charge in [0.2, 0.25) is 6.79 Å². The van der Waals surface area contributed by atoms with Gasteiger partial charge in [0, 0.05) is 6.54 Å². The van der Waals surface area contributed by atoms with Crippen molar-refractivity contribution in [3.05, 3.63) is 53.6 Å². The lowest BCUT2D eigenvalue weighted by Gasteiger charge is -2.08. The largest absolute Gasteiger partial charge is 0.482 e. The number of fused-ring (bicyclic) bond motifs is 1. The predicted molar refractivity (Wildman–Crippen MR) is 96.7 cm³/mol. The molecule has 1 N–H and O–H groups in total. The van der Waals surface area contributed by atoms with Gasteiger partial charge in [-0.05, 0) is 41.8 Å². The highest BCUT2D eigenvalue weighted by Crippen LogP contribution is 2.32. The van der Waals surface area contributed by atoms with Gasteiger partial charge in [0.1, 0.15) is 5.75 Å². The fourth-order valence-electron chi connectivity index (χ4n) is 2.45. The van der Waals surface area contributed by atoms with Crippen molar-refractivity contribution in [3.63, 3.8) is 0 Å². The Bertz CT molecular complexity index is 803. The van der Waals surface area contributed by atoms with Crippen LogP contribution in [-0.2, 0) is 27.3 Å². The number of esters is 1. The van der Waals surface area contributed by atoms with E-state index in [0.29, 0.717) is 23.8 Å². The Hall–Kier alpha value is -3.22. The number of nitrogens with one attached hydrogen (secondary N) is 1. The van der Waals surface area contributed by atoms with Gasteiger partial charge < -0.3 is 24.3 Å². The first-order valence-corrected chi connectivity index (χ1v) is 8.66. The minimum Gasteiger partial charge on any atom is -0.482 e. The smallest absolute Gasteiger partial charge is 0.344 e. The van der Waals surface area contributed by atoms with Gasteiger partial charge in [-0.15, -0.1) is 0 Å². The lowest BCUT2D eigenvalue weighted by molar-refractivity contribution is -0.150. The molecule has 2 aromatic rings. The van der Waals surface area contributed by atoms with E-state index in [1.165, 1.54) is 5.56 Å². The van der Waals surface area contributed by atoms with E-state index < -0.39 is 11.9 Å². The molecule has 0 bridgehead atoms. The zero-order chi connectivity index (χ0) is 19.1. The second-order valence-corrected chi connectivity index (χ2v) is 5.91. The molecule has 0 aromatic heterocycles. The molecule has 7 heteroatoms. The van der Waals surface area contributed by atoms with Crippen LogP contribution in [0.2, 0.25) is 0 Å². The van der Waals surface area contributed by atoms with Crippen LogP contribution in [-0.4, -0.2) is 31.9 Å². The lowest BCUT2D eigenvalue weighted by atomic mass is 10.2. The molecule has 1 aliphatic rings. The zero-order valence-electron chi connectivity index (χ0n) is 15.0. The van der Waals surface area contributed by atoms with Crippen LogP contribution in [0, 0.1) is 0 Å². The van der Waals surface area contributed by atoms with Crippen molar-refractivity contribution in [2.75, 3.05) is 20.0 Å². The molecule has 1 heterocycles. The Labute approximate surface area is 157 Å². The van der Waals surface area contributed by atoms with E-state index in [1.54, 1.807) is 24.3 Å². The quantitative estimate of drug-likeness (QED) is 0.717. The summed E-state index contributed by atoms with van der Waals surface area (Å²) < 4.78 is 20.8. The summed E-state index contributed by atoms with van der Waals surface area (Å²) in [6.07, 6.45) is 0.934. The van der Waals surface area contributed by atoms with Crippen LogP contribution in [0.15, 0.2) is 42.5 Å². The molecule has 142 valence electrons. The number of ether oxygens (including phenoxy) is 4. The number of carbonyl (C=O) groups is 2. The number of hydrogen-bond donors (Lipinski definition) is 1. The SMILES string of the molecule is CCc1ccc(OCC(=O)OCC(=O)NCc2ccc3c(c2)OCO3)cc1. The maximum atomic E-state index is 11.8. The van der Waals surface area contributed by atoms with Crippen LogP contribution in [0.25, 0.3) is 0 Å². The van der Waals surface area contributed by atoms with Gasteiger partial charge >= 0.3 is 5.97 Å². The van der Waals surface area contributed by atoms with Crippen molar-refractivity contribution in [3.8, 4) is 17.2 Å².